The molecule has 92 valence electrons. The Hall–Kier alpha value is -1.52. The number of hydrogen-bond donors (Lipinski definition) is 2. The summed E-state index contributed by atoms with van der Waals surface area (Å²) in [4.78, 5) is 22.4. The van der Waals surface area contributed by atoms with Crippen LogP contribution >= 0.6 is 0 Å². The summed E-state index contributed by atoms with van der Waals surface area (Å²) in [6.45, 7) is 4.36. The monoisotopic (exact) mass is 236 g/mol. The van der Waals surface area contributed by atoms with Gasteiger partial charge in [0.1, 0.15) is 0 Å². The van der Waals surface area contributed by atoms with E-state index in [1.54, 1.807) is 12.1 Å². The van der Waals surface area contributed by atoms with Crippen molar-refractivity contribution in [2.45, 2.75) is 32.5 Å². The van der Waals surface area contributed by atoms with Crippen LogP contribution in [0.25, 0.3) is 0 Å². The summed E-state index contributed by atoms with van der Waals surface area (Å²) in [5.74, 6) is -4.76. The van der Waals surface area contributed by atoms with Crippen molar-refractivity contribution in [3.8, 4) is 0 Å². The maximum Gasteiger partial charge on any atom is 0.295 e. The van der Waals surface area contributed by atoms with Crippen LogP contribution in [0.4, 0.5) is 0 Å². The first-order chi connectivity index (χ1) is 7.96. The molecule has 0 fully saturated rings. The molecule has 1 aliphatic rings. The second-order valence-electron chi connectivity index (χ2n) is 3.88. The van der Waals surface area contributed by atoms with Crippen LogP contribution < -0.4 is 0 Å². The lowest BCUT2D eigenvalue weighted by Crippen LogP contribution is -2.40. The van der Waals surface area contributed by atoms with E-state index in [0.717, 1.165) is 0 Å². The molecule has 0 heterocycles. The molecule has 17 heavy (non-hydrogen) atoms. The molecule has 0 amide bonds. The Morgan fingerprint density at radius 3 is 1.59 bits per heavy atom. The average Bonchev–Trinajstić information content (AvgIpc) is 2.52. The fourth-order valence-electron chi connectivity index (χ4n) is 1.36. The summed E-state index contributed by atoms with van der Waals surface area (Å²) in [5.41, 5.74) is 0.134. The zero-order chi connectivity index (χ0) is 13.1. The molecule has 0 unspecified atom stereocenters. The molecule has 4 nitrogen and oxygen atoms in total. The van der Waals surface area contributed by atoms with Crippen LogP contribution in [0.5, 0.6) is 0 Å². The van der Waals surface area contributed by atoms with Gasteiger partial charge in [0.2, 0.25) is 11.6 Å². The van der Waals surface area contributed by atoms with E-state index in [-0.39, 0.29) is 11.1 Å². The number of benzene rings is 1. The zero-order valence-electron chi connectivity index (χ0n) is 9.93. The van der Waals surface area contributed by atoms with E-state index in [4.69, 9.17) is 10.2 Å². The summed E-state index contributed by atoms with van der Waals surface area (Å²) in [5, 5.41) is 18.2. The number of carbonyl (C=O) groups is 2. The predicted octanol–water partition coefficient (Wildman–Crippen LogP) is 1.55. The van der Waals surface area contributed by atoms with Gasteiger partial charge in [-0.2, -0.15) is 0 Å². The molecule has 4 heteroatoms. The summed E-state index contributed by atoms with van der Waals surface area (Å²) < 4.78 is 0. The third-order valence-corrected chi connectivity index (χ3v) is 2.55. The van der Waals surface area contributed by atoms with Gasteiger partial charge in [0.15, 0.2) is 0 Å². The predicted molar refractivity (Wildman–Crippen MR) is 62.9 cm³/mol. The summed E-state index contributed by atoms with van der Waals surface area (Å²) in [7, 11) is 0. The molecule has 2 N–H and O–H groups in total. The van der Waals surface area contributed by atoms with Crippen LogP contribution in [0.3, 0.4) is 0 Å². The topological polar surface area (TPSA) is 74.6 Å². The molecule has 1 aliphatic carbocycles. The molecule has 0 aromatic heterocycles. The minimum Gasteiger partial charge on any atom is -0.353 e. The Balaban J connectivity index is 0.000000317. The van der Waals surface area contributed by atoms with Crippen molar-refractivity contribution in [2.75, 3.05) is 0 Å². The first kappa shape index (κ1) is 13.5. The Morgan fingerprint density at radius 2 is 1.29 bits per heavy atom. The summed E-state index contributed by atoms with van der Waals surface area (Å²) in [6, 6.07) is 5.91. The van der Waals surface area contributed by atoms with Gasteiger partial charge in [0.25, 0.3) is 5.79 Å². The van der Waals surface area contributed by atoms with E-state index in [9.17, 15) is 9.59 Å². The number of aliphatic hydroxyl groups is 2. The maximum absolute atomic E-state index is 11.2. The van der Waals surface area contributed by atoms with Crippen molar-refractivity contribution < 1.29 is 19.8 Å². The van der Waals surface area contributed by atoms with Gasteiger partial charge in [-0.1, -0.05) is 51.0 Å². The Bertz CT molecular complexity index is 396. The fraction of sp³-hybridized carbons (Fsp3) is 0.385. The molecule has 0 saturated carbocycles. The highest BCUT2D eigenvalue weighted by molar-refractivity contribution is 6.30. The van der Waals surface area contributed by atoms with E-state index in [2.05, 4.69) is 13.8 Å². The van der Waals surface area contributed by atoms with Crippen LogP contribution in [0.15, 0.2) is 24.3 Å². The van der Waals surface area contributed by atoms with Crippen molar-refractivity contribution in [1.29, 1.82) is 0 Å². The molecule has 1 aromatic rings. The van der Waals surface area contributed by atoms with Crippen molar-refractivity contribution in [2.24, 2.45) is 0 Å². The second kappa shape index (κ2) is 5.21. The molecular weight excluding hydrogens is 220 g/mol. The summed E-state index contributed by atoms with van der Waals surface area (Å²) >= 11 is 0. The number of carbonyl (C=O) groups excluding carboxylic acids is 2. The van der Waals surface area contributed by atoms with Crippen LogP contribution in [-0.4, -0.2) is 27.6 Å². The highest BCUT2D eigenvalue weighted by Crippen LogP contribution is 2.27. The molecule has 0 saturated heterocycles. The third-order valence-electron chi connectivity index (χ3n) is 2.55. The van der Waals surface area contributed by atoms with Crippen molar-refractivity contribution in [1.82, 2.24) is 0 Å². The quantitative estimate of drug-likeness (QED) is 0.573. The second-order valence-corrected chi connectivity index (χ2v) is 3.88. The van der Waals surface area contributed by atoms with Gasteiger partial charge < -0.3 is 10.2 Å². The Labute approximate surface area is 99.9 Å². The molecule has 0 radical (unpaired) electrons. The zero-order valence-corrected chi connectivity index (χ0v) is 9.93. The van der Waals surface area contributed by atoms with Gasteiger partial charge in [-0.25, -0.2) is 0 Å². The summed E-state index contributed by atoms with van der Waals surface area (Å²) in [6.07, 6.45) is 2.64. The van der Waals surface area contributed by atoms with E-state index < -0.39 is 17.4 Å². The minimum absolute atomic E-state index is 0.0671. The first-order valence-corrected chi connectivity index (χ1v) is 5.60. The molecule has 2 rings (SSSR count). The van der Waals surface area contributed by atoms with Crippen LogP contribution in [-0.2, 0) is 0 Å². The van der Waals surface area contributed by atoms with Gasteiger partial charge in [-0.3, -0.25) is 9.59 Å². The first-order valence-electron chi connectivity index (χ1n) is 5.60. The largest absolute Gasteiger partial charge is 0.353 e. The molecule has 0 atom stereocenters. The smallest absolute Gasteiger partial charge is 0.295 e. The minimum atomic E-state index is -2.86. The lowest BCUT2D eigenvalue weighted by Gasteiger charge is -2.08. The molecule has 1 aromatic carbocycles. The van der Waals surface area contributed by atoms with Crippen molar-refractivity contribution >= 4 is 11.6 Å². The van der Waals surface area contributed by atoms with E-state index in [1.807, 2.05) is 0 Å². The normalized spacial score (nSPS) is 16.2. The maximum atomic E-state index is 11.2. The van der Waals surface area contributed by atoms with Gasteiger partial charge in [-0.15, -0.1) is 0 Å². The van der Waals surface area contributed by atoms with Gasteiger partial charge in [-0.05, 0) is 0 Å². The fourth-order valence-corrected chi connectivity index (χ4v) is 1.36. The van der Waals surface area contributed by atoms with Gasteiger partial charge >= 0.3 is 0 Å². The van der Waals surface area contributed by atoms with E-state index in [0.29, 0.717) is 0 Å². The molecular formula is C13H16O4. The average molecular weight is 236 g/mol. The number of fused-ring (bicyclic) bond motifs is 1. The van der Waals surface area contributed by atoms with Crippen LogP contribution in [0.2, 0.25) is 0 Å². The third kappa shape index (κ3) is 2.43. The number of hydrogen-bond acceptors (Lipinski definition) is 4. The Morgan fingerprint density at radius 1 is 0.941 bits per heavy atom. The van der Waals surface area contributed by atoms with Crippen molar-refractivity contribution in [3.05, 3.63) is 35.4 Å². The SMILES string of the molecule is CCCC.O=C1c2ccccc2C(=O)C1(O)O. The standard InChI is InChI=1S/C9H6O4.C4H10/c10-7-5-3-1-2-4-6(5)8(11)9(7,12)13;1-3-4-2/h1-4,12-13H;3-4H2,1-2H3. The van der Waals surface area contributed by atoms with E-state index >= 15 is 0 Å². The molecule has 0 spiro atoms. The lowest BCUT2D eigenvalue weighted by molar-refractivity contribution is -0.0857. The van der Waals surface area contributed by atoms with Crippen molar-refractivity contribution in [3.63, 3.8) is 0 Å². The molecule has 0 aliphatic heterocycles. The highest BCUT2D eigenvalue weighted by atomic mass is 16.5. The number of ketones is 2. The number of rotatable bonds is 1. The van der Waals surface area contributed by atoms with Gasteiger partial charge in [0.05, 0.1) is 0 Å². The van der Waals surface area contributed by atoms with E-state index in [1.165, 1.54) is 25.0 Å². The number of Topliss-reactive ketones (excluding diaryl/α,β-unsaturated/α-hetero) is 2. The lowest BCUT2D eigenvalue weighted by atomic mass is 10.1. The van der Waals surface area contributed by atoms with Gasteiger partial charge in [0, 0.05) is 11.1 Å². The number of unbranched alkanes of at least 4 members (excludes halogenated alkanes) is 1. The highest BCUT2D eigenvalue weighted by Gasteiger charge is 2.50. The Kier molecular flexibility index (Phi) is 4.15. The van der Waals surface area contributed by atoms with Crippen LogP contribution in [0.1, 0.15) is 47.4 Å². The van der Waals surface area contributed by atoms with Crippen LogP contribution in [0, 0.1) is 0 Å². The molecule has 0 bridgehead atoms.